The van der Waals surface area contributed by atoms with Crippen LogP contribution < -0.4 is 10.6 Å². The van der Waals surface area contributed by atoms with Crippen LogP contribution in [-0.2, 0) is 4.74 Å². The molecular formula is C15H29N3O. The number of nitrogens with one attached hydrogen (secondary N) is 2. The molecule has 0 bridgehead atoms. The molecular weight excluding hydrogens is 238 g/mol. The van der Waals surface area contributed by atoms with E-state index in [4.69, 9.17) is 9.73 Å². The largest absolute Gasteiger partial charge is 0.380 e. The normalized spacial score (nSPS) is 30.6. The van der Waals surface area contributed by atoms with Gasteiger partial charge in [-0.3, -0.25) is 4.99 Å². The van der Waals surface area contributed by atoms with Crippen molar-refractivity contribution < 1.29 is 4.74 Å². The molecule has 0 spiro atoms. The van der Waals surface area contributed by atoms with Crippen LogP contribution in [0.15, 0.2) is 4.99 Å². The predicted octanol–water partition coefficient (Wildman–Crippen LogP) is 2.16. The van der Waals surface area contributed by atoms with Crippen molar-refractivity contribution in [1.82, 2.24) is 10.6 Å². The first-order valence-electron chi connectivity index (χ1n) is 7.74. The summed E-state index contributed by atoms with van der Waals surface area (Å²) in [6.45, 7) is 10.2. The lowest BCUT2D eigenvalue weighted by Crippen LogP contribution is -2.47. The van der Waals surface area contributed by atoms with E-state index in [-0.39, 0.29) is 5.41 Å². The van der Waals surface area contributed by atoms with Gasteiger partial charge in [-0.05, 0) is 25.7 Å². The van der Waals surface area contributed by atoms with Crippen LogP contribution in [0.25, 0.3) is 0 Å². The van der Waals surface area contributed by atoms with Crippen molar-refractivity contribution in [3.8, 4) is 0 Å². The smallest absolute Gasteiger partial charge is 0.191 e. The van der Waals surface area contributed by atoms with E-state index >= 15 is 0 Å². The number of aliphatic imine (C=N–C) groups is 1. The summed E-state index contributed by atoms with van der Waals surface area (Å²) in [4.78, 5) is 4.74. The third kappa shape index (κ3) is 4.37. The van der Waals surface area contributed by atoms with Gasteiger partial charge < -0.3 is 15.4 Å². The first-order chi connectivity index (χ1) is 9.11. The van der Waals surface area contributed by atoms with Gasteiger partial charge in [0.2, 0.25) is 0 Å². The topological polar surface area (TPSA) is 45.7 Å². The molecule has 4 heteroatoms. The average molecular weight is 267 g/mol. The van der Waals surface area contributed by atoms with E-state index in [9.17, 15) is 0 Å². The van der Waals surface area contributed by atoms with Gasteiger partial charge in [0.05, 0.1) is 19.8 Å². The Morgan fingerprint density at radius 2 is 2.16 bits per heavy atom. The summed E-state index contributed by atoms with van der Waals surface area (Å²) in [5.74, 6) is 1.82. The van der Waals surface area contributed by atoms with Crippen molar-refractivity contribution in [2.45, 2.75) is 52.5 Å². The highest BCUT2D eigenvalue weighted by Crippen LogP contribution is 2.26. The van der Waals surface area contributed by atoms with Crippen molar-refractivity contribution in [3.05, 3.63) is 0 Å². The SMILES string of the molecule is CCNC(=NCC1(C)COC1)NC1CCCC(C)C1. The first kappa shape index (κ1) is 14.6. The zero-order chi connectivity index (χ0) is 13.7. The lowest BCUT2D eigenvalue weighted by atomic mass is 9.87. The van der Waals surface area contributed by atoms with Gasteiger partial charge >= 0.3 is 0 Å². The van der Waals surface area contributed by atoms with E-state index in [1.807, 2.05) is 0 Å². The van der Waals surface area contributed by atoms with E-state index in [1.54, 1.807) is 0 Å². The highest BCUT2D eigenvalue weighted by molar-refractivity contribution is 5.80. The molecule has 2 aliphatic rings. The van der Waals surface area contributed by atoms with Crippen LogP contribution in [0.2, 0.25) is 0 Å². The number of hydrogen-bond donors (Lipinski definition) is 2. The van der Waals surface area contributed by atoms with Crippen molar-refractivity contribution in [3.63, 3.8) is 0 Å². The van der Waals surface area contributed by atoms with E-state index < -0.39 is 0 Å². The molecule has 1 saturated heterocycles. The van der Waals surface area contributed by atoms with Crippen molar-refractivity contribution >= 4 is 5.96 Å². The highest BCUT2D eigenvalue weighted by Gasteiger charge is 2.33. The standard InChI is InChI=1S/C15H29N3O/c1-4-16-14(17-9-15(3)10-19-11-15)18-13-7-5-6-12(2)8-13/h12-13H,4-11H2,1-3H3,(H2,16,17,18). The summed E-state index contributed by atoms with van der Waals surface area (Å²) in [5, 5.41) is 6.97. The molecule has 1 heterocycles. The molecule has 2 fully saturated rings. The second kappa shape index (κ2) is 6.60. The Balaban J connectivity index is 1.85. The van der Waals surface area contributed by atoms with Crippen LogP contribution in [0.1, 0.15) is 46.5 Å². The van der Waals surface area contributed by atoms with Gasteiger partial charge in [0.15, 0.2) is 5.96 Å². The van der Waals surface area contributed by atoms with Crippen LogP contribution >= 0.6 is 0 Å². The predicted molar refractivity (Wildman–Crippen MR) is 79.5 cm³/mol. The maximum absolute atomic E-state index is 5.28. The summed E-state index contributed by atoms with van der Waals surface area (Å²) in [6.07, 6.45) is 5.25. The summed E-state index contributed by atoms with van der Waals surface area (Å²) < 4.78 is 5.28. The Morgan fingerprint density at radius 3 is 2.74 bits per heavy atom. The second-order valence-corrected chi connectivity index (χ2v) is 6.61. The van der Waals surface area contributed by atoms with Gasteiger partial charge in [0, 0.05) is 18.0 Å². The number of hydrogen-bond acceptors (Lipinski definition) is 2. The minimum absolute atomic E-state index is 0.252. The van der Waals surface area contributed by atoms with Gasteiger partial charge in [-0.25, -0.2) is 0 Å². The molecule has 1 aliphatic carbocycles. The molecule has 1 aliphatic heterocycles. The molecule has 2 N–H and O–H groups in total. The summed E-state index contributed by atoms with van der Waals surface area (Å²) in [5.41, 5.74) is 0.252. The Labute approximate surface area is 117 Å². The second-order valence-electron chi connectivity index (χ2n) is 6.61. The number of guanidine groups is 1. The van der Waals surface area contributed by atoms with Crippen molar-refractivity contribution in [2.75, 3.05) is 26.3 Å². The van der Waals surface area contributed by atoms with E-state index in [0.717, 1.165) is 38.2 Å². The lowest BCUT2D eigenvalue weighted by molar-refractivity contribution is -0.0945. The molecule has 0 aromatic rings. The van der Waals surface area contributed by atoms with Crippen LogP contribution in [0.5, 0.6) is 0 Å². The molecule has 0 radical (unpaired) electrons. The summed E-state index contributed by atoms with van der Waals surface area (Å²) >= 11 is 0. The van der Waals surface area contributed by atoms with Crippen molar-refractivity contribution in [1.29, 1.82) is 0 Å². The van der Waals surface area contributed by atoms with Crippen LogP contribution in [0.3, 0.4) is 0 Å². The first-order valence-corrected chi connectivity index (χ1v) is 7.74. The van der Waals surface area contributed by atoms with Gasteiger partial charge in [-0.15, -0.1) is 0 Å². The Morgan fingerprint density at radius 1 is 1.37 bits per heavy atom. The summed E-state index contributed by atoms with van der Waals surface area (Å²) in [6, 6.07) is 0.590. The summed E-state index contributed by atoms with van der Waals surface area (Å²) in [7, 11) is 0. The maximum Gasteiger partial charge on any atom is 0.191 e. The van der Waals surface area contributed by atoms with E-state index in [0.29, 0.717) is 6.04 Å². The Bertz CT molecular complexity index is 313. The number of rotatable bonds is 4. The third-order valence-electron chi connectivity index (χ3n) is 4.14. The molecule has 0 aromatic carbocycles. The van der Waals surface area contributed by atoms with Crippen LogP contribution in [0, 0.1) is 11.3 Å². The molecule has 1 saturated carbocycles. The molecule has 2 unspecified atom stereocenters. The quantitative estimate of drug-likeness (QED) is 0.606. The van der Waals surface area contributed by atoms with Crippen LogP contribution in [-0.4, -0.2) is 38.3 Å². The lowest BCUT2D eigenvalue weighted by Gasteiger charge is -2.37. The zero-order valence-electron chi connectivity index (χ0n) is 12.7. The maximum atomic E-state index is 5.28. The van der Waals surface area contributed by atoms with E-state index in [1.165, 1.54) is 25.7 Å². The molecule has 2 atom stereocenters. The Hall–Kier alpha value is -0.770. The van der Waals surface area contributed by atoms with Gasteiger partial charge in [0.1, 0.15) is 0 Å². The third-order valence-corrected chi connectivity index (χ3v) is 4.14. The van der Waals surface area contributed by atoms with Gasteiger partial charge in [0.25, 0.3) is 0 Å². The minimum atomic E-state index is 0.252. The van der Waals surface area contributed by atoms with E-state index in [2.05, 4.69) is 31.4 Å². The van der Waals surface area contributed by atoms with Crippen molar-refractivity contribution in [2.24, 2.45) is 16.3 Å². The number of nitrogens with zero attached hydrogens (tertiary/aromatic N) is 1. The monoisotopic (exact) mass is 267 g/mol. The molecule has 0 amide bonds. The molecule has 2 rings (SSSR count). The fourth-order valence-electron chi connectivity index (χ4n) is 2.89. The van der Waals surface area contributed by atoms with Gasteiger partial charge in [-0.1, -0.05) is 26.7 Å². The molecule has 0 aromatic heterocycles. The molecule has 110 valence electrons. The molecule has 4 nitrogen and oxygen atoms in total. The van der Waals surface area contributed by atoms with Crippen LogP contribution in [0.4, 0.5) is 0 Å². The van der Waals surface area contributed by atoms with Gasteiger partial charge in [-0.2, -0.15) is 0 Å². The fraction of sp³-hybridized carbons (Fsp3) is 0.933. The zero-order valence-corrected chi connectivity index (χ0v) is 12.7. The Kier molecular flexibility index (Phi) is 5.08. The minimum Gasteiger partial charge on any atom is -0.380 e. The highest BCUT2D eigenvalue weighted by atomic mass is 16.5. The average Bonchev–Trinajstić information content (AvgIpc) is 2.34. The fourth-order valence-corrected chi connectivity index (χ4v) is 2.89. The molecule has 19 heavy (non-hydrogen) atoms. The number of ether oxygens (including phenoxy) is 1.